The number of piperazine rings is 1. The number of nitrogens with one attached hydrogen (secondary N) is 2. The largest absolute Gasteiger partial charge is 0.494 e. The van der Waals surface area contributed by atoms with Crippen molar-refractivity contribution in [2.75, 3.05) is 60.7 Å². The molecule has 4 N–H and O–H groups in total. The fourth-order valence-corrected chi connectivity index (χ4v) is 4.86. The van der Waals surface area contributed by atoms with E-state index < -0.39 is 11.8 Å². The maximum absolute atomic E-state index is 12.4. The van der Waals surface area contributed by atoms with E-state index in [1.54, 1.807) is 75.9 Å². The monoisotopic (exact) mass is 604 g/mol. The van der Waals surface area contributed by atoms with Crippen LogP contribution in [0.1, 0.15) is 32.7 Å². The van der Waals surface area contributed by atoms with Gasteiger partial charge in [0, 0.05) is 56.0 Å². The van der Waals surface area contributed by atoms with E-state index >= 15 is 0 Å². The van der Waals surface area contributed by atoms with Crippen LogP contribution in [0.2, 0.25) is 0 Å². The molecular formula is C32H40N6O6. The zero-order valence-electron chi connectivity index (χ0n) is 25.4. The van der Waals surface area contributed by atoms with Crippen LogP contribution in [-0.4, -0.2) is 88.2 Å². The fourth-order valence-electron chi connectivity index (χ4n) is 4.86. The van der Waals surface area contributed by atoms with Gasteiger partial charge in [0.25, 0.3) is 11.8 Å². The smallest absolute Gasteiger partial charge is 0.271 e. The van der Waals surface area contributed by atoms with Crippen molar-refractivity contribution in [2.24, 2.45) is 10.8 Å². The van der Waals surface area contributed by atoms with Crippen molar-refractivity contribution in [3.8, 4) is 23.0 Å². The number of hydrazone groups is 1. The van der Waals surface area contributed by atoms with Crippen LogP contribution < -0.4 is 35.4 Å². The molecule has 44 heavy (non-hydrogen) atoms. The zero-order valence-corrected chi connectivity index (χ0v) is 25.4. The maximum atomic E-state index is 12.4. The number of benzene rings is 3. The molecule has 2 amide bonds. The van der Waals surface area contributed by atoms with Crippen molar-refractivity contribution < 1.29 is 28.5 Å². The van der Waals surface area contributed by atoms with Gasteiger partial charge in [-0.2, -0.15) is 0 Å². The lowest BCUT2D eigenvalue weighted by molar-refractivity contribution is 0.0946. The summed E-state index contributed by atoms with van der Waals surface area (Å²) >= 11 is 0. The summed E-state index contributed by atoms with van der Waals surface area (Å²) in [5.41, 5.74) is 9.93. The molecule has 12 heteroatoms. The number of rotatable bonds is 13. The Bertz CT molecular complexity index is 1410. The minimum Gasteiger partial charge on any atom is -0.494 e. The Balaban J connectivity index is 1.14. The predicted octanol–water partition coefficient (Wildman–Crippen LogP) is 2.69. The van der Waals surface area contributed by atoms with Gasteiger partial charge in [0.15, 0.2) is 11.5 Å². The molecule has 0 unspecified atom stereocenters. The summed E-state index contributed by atoms with van der Waals surface area (Å²) in [6, 6.07) is 19.3. The second-order valence-electron chi connectivity index (χ2n) is 10.1. The number of nitrogens with two attached hydrogens (primary N) is 1. The lowest BCUT2D eigenvalue weighted by Crippen LogP contribution is -2.46. The third-order valence-corrected chi connectivity index (χ3v) is 7.20. The quantitative estimate of drug-likeness (QED) is 0.116. The summed E-state index contributed by atoms with van der Waals surface area (Å²) in [4.78, 5) is 29.4. The van der Waals surface area contributed by atoms with Crippen LogP contribution in [0.4, 0.5) is 0 Å². The van der Waals surface area contributed by atoms with Gasteiger partial charge in [-0.1, -0.05) is 24.3 Å². The highest BCUT2D eigenvalue weighted by atomic mass is 16.5. The number of methoxy groups -OCH3 is 3. The Morgan fingerprint density at radius 2 is 1.45 bits per heavy atom. The van der Waals surface area contributed by atoms with E-state index in [4.69, 9.17) is 24.7 Å². The number of carbonyl (C=O) groups is 2. The highest BCUT2D eigenvalue weighted by Gasteiger charge is 2.21. The van der Waals surface area contributed by atoms with Crippen LogP contribution in [0, 0.1) is 0 Å². The summed E-state index contributed by atoms with van der Waals surface area (Å²) in [5, 5.41) is 6.17. The fraction of sp³-hybridized carbons (Fsp3) is 0.344. The van der Waals surface area contributed by atoms with Crippen LogP contribution in [0.15, 0.2) is 71.8 Å². The van der Waals surface area contributed by atoms with Crippen LogP contribution in [-0.2, 0) is 6.54 Å². The average molecular weight is 605 g/mol. The molecule has 234 valence electrons. The Morgan fingerprint density at radius 1 is 0.795 bits per heavy atom. The summed E-state index contributed by atoms with van der Waals surface area (Å²) in [5.74, 6) is 1.56. The minimum absolute atomic E-state index is 0.216. The predicted molar refractivity (Wildman–Crippen MR) is 167 cm³/mol. The van der Waals surface area contributed by atoms with Gasteiger partial charge in [-0.05, 0) is 48.9 Å². The molecule has 0 aromatic heterocycles. The van der Waals surface area contributed by atoms with E-state index in [2.05, 4.69) is 25.6 Å². The van der Waals surface area contributed by atoms with Crippen molar-refractivity contribution >= 4 is 17.8 Å². The van der Waals surface area contributed by atoms with Crippen LogP contribution >= 0.6 is 0 Å². The van der Waals surface area contributed by atoms with Gasteiger partial charge < -0.3 is 29.6 Å². The van der Waals surface area contributed by atoms with E-state index in [1.807, 2.05) is 12.1 Å². The molecule has 0 spiro atoms. The molecule has 0 aliphatic carbocycles. The number of amides is 2. The van der Waals surface area contributed by atoms with Crippen LogP contribution in [0.5, 0.6) is 23.0 Å². The summed E-state index contributed by atoms with van der Waals surface area (Å²) in [6.45, 7) is 6.14. The first-order chi connectivity index (χ1) is 21.4. The summed E-state index contributed by atoms with van der Waals surface area (Å²) < 4.78 is 22.4. The Kier molecular flexibility index (Phi) is 11.8. The number of guanidine groups is 1. The average Bonchev–Trinajstić information content (AvgIpc) is 3.06. The Morgan fingerprint density at radius 3 is 2.11 bits per heavy atom. The van der Waals surface area contributed by atoms with Gasteiger partial charge in [0.2, 0.25) is 11.7 Å². The van der Waals surface area contributed by atoms with E-state index in [-0.39, 0.29) is 5.96 Å². The lowest BCUT2D eigenvalue weighted by atomic mass is 10.1. The molecule has 0 saturated carbocycles. The second-order valence-corrected chi connectivity index (χ2v) is 10.1. The van der Waals surface area contributed by atoms with Gasteiger partial charge in [-0.25, -0.2) is 5.43 Å². The summed E-state index contributed by atoms with van der Waals surface area (Å²) in [6.07, 6.45) is 0.883. The minimum atomic E-state index is -0.461. The van der Waals surface area contributed by atoms with Crippen LogP contribution in [0.25, 0.3) is 0 Å². The van der Waals surface area contributed by atoms with E-state index in [0.29, 0.717) is 40.7 Å². The van der Waals surface area contributed by atoms with Crippen molar-refractivity contribution in [2.45, 2.75) is 13.0 Å². The standard InChI is InChI=1S/C32H40N6O6/c1-41-27-15-12-25(28(42-2)29(27)43-3)22-38-19-17-37(18-20-38)16-7-21-44-26-13-10-24(11-14-26)31(40)35-36-32(33)34-30(39)23-8-5-4-6-9-23/h4-6,8-15H,7,16-22H2,1-3H3,(H,35,40)(H3,33,34,36,39). The van der Waals surface area contributed by atoms with Gasteiger partial charge in [-0.15, -0.1) is 5.10 Å². The molecule has 3 aromatic rings. The van der Waals surface area contributed by atoms with Crippen LogP contribution in [0.3, 0.4) is 0 Å². The molecule has 3 aromatic carbocycles. The molecule has 1 aliphatic heterocycles. The highest BCUT2D eigenvalue weighted by molar-refractivity contribution is 6.05. The van der Waals surface area contributed by atoms with Gasteiger partial charge in [0.05, 0.1) is 27.9 Å². The molecule has 12 nitrogen and oxygen atoms in total. The molecule has 0 bridgehead atoms. The second kappa shape index (κ2) is 16.1. The van der Waals surface area contributed by atoms with Crippen molar-refractivity contribution in [1.29, 1.82) is 0 Å². The maximum Gasteiger partial charge on any atom is 0.271 e. The Hall–Kier alpha value is -4.81. The third kappa shape index (κ3) is 8.85. The van der Waals surface area contributed by atoms with E-state index in [0.717, 1.165) is 51.3 Å². The molecule has 1 aliphatic rings. The molecule has 1 saturated heterocycles. The van der Waals surface area contributed by atoms with Crippen molar-refractivity contribution in [3.63, 3.8) is 0 Å². The van der Waals surface area contributed by atoms with Crippen molar-refractivity contribution in [1.82, 2.24) is 20.5 Å². The topological polar surface area (TPSA) is 140 Å². The third-order valence-electron chi connectivity index (χ3n) is 7.20. The number of hydrogen-bond acceptors (Lipinski definition) is 9. The number of ether oxygens (including phenoxy) is 4. The van der Waals surface area contributed by atoms with E-state index in [1.165, 1.54) is 0 Å². The number of nitrogens with zero attached hydrogens (tertiary/aromatic N) is 3. The molecule has 4 rings (SSSR count). The summed E-state index contributed by atoms with van der Waals surface area (Å²) in [7, 11) is 4.88. The van der Waals surface area contributed by atoms with Crippen molar-refractivity contribution in [3.05, 3.63) is 83.4 Å². The number of hydrogen-bond donors (Lipinski definition) is 3. The molecule has 1 fully saturated rings. The first-order valence-electron chi connectivity index (χ1n) is 14.4. The van der Waals surface area contributed by atoms with Gasteiger partial charge >= 0.3 is 0 Å². The van der Waals surface area contributed by atoms with E-state index in [9.17, 15) is 9.59 Å². The first-order valence-corrected chi connectivity index (χ1v) is 14.4. The molecule has 0 atom stereocenters. The highest BCUT2D eigenvalue weighted by Crippen LogP contribution is 2.40. The normalized spacial score (nSPS) is 14.0. The Labute approximate surface area is 257 Å². The molecule has 1 heterocycles. The molecular weight excluding hydrogens is 564 g/mol. The molecule has 0 radical (unpaired) electrons. The number of carbonyl (C=O) groups excluding carboxylic acids is 2. The van der Waals surface area contributed by atoms with Gasteiger partial charge in [-0.3, -0.25) is 19.8 Å². The first kappa shape index (κ1) is 32.1. The zero-order chi connectivity index (χ0) is 31.3. The lowest BCUT2D eigenvalue weighted by Gasteiger charge is -2.35. The SMILES string of the molecule is COc1ccc(CN2CCN(CCCOc3ccc(C(=O)NN=C(N)NC(=O)c4ccccc4)cc3)CC2)c(OC)c1OC. The van der Waals surface area contributed by atoms with Gasteiger partial charge in [0.1, 0.15) is 5.75 Å².